The second-order valence-corrected chi connectivity index (χ2v) is 17.5. The van der Waals surface area contributed by atoms with Crippen LogP contribution >= 0.6 is 7.82 Å². The summed E-state index contributed by atoms with van der Waals surface area (Å²) in [6.07, 6.45) is 30.3. The van der Waals surface area contributed by atoms with Crippen LogP contribution in [0, 0.1) is 5.92 Å². The third kappa shape index (κ3) is 37.1. The van der Waals surface area contributed by atoms with Crippen LogP contribution in [0.5, 0.6) is 0 Å². The molecule has 0 aromatic carbocycles. The molecule has 0 saturated carbocycles. The number of phosphoric ester groups is 1. The lowest BCUT2D eigenvalue weighted by atomic mass is 9.97. The van der Waals surface area contributed by atoms with Crippen molar-refractivity contribution in [3.8, 4) is 0 Å². The van der Waals surface area contributed by atoms with E-state index in [1.165, 1.54) is 128 Å². The van der Waals surface area contributed by atoms with E-state index in [1.54, 1.807) is 0 Å². The van der Waals surface area contributed by atoms with Gasteiger partial charge in [0.25, 0.3) is 0 Å². The van der Waals surface area contributed by atoms with E-state index in [1.807, 2.05) is 21.1 Å². The Kier molecular flexibility index (Phi) is 32.9. The van der Waals surface area contributed by atoms with Crippen molar-refractivity contribution >= 4 is 19.8 Å². The van der Waals surface area contributed by atoms with Crippen molar-refractivity contribution in [3.05, 3.63) is 0 Å². The summed E-state index contributed by atoms with van der Waals surface area (Å²) in [5.74, 6) is -0.367. The maximum Gasteiger partial charge on any atom is 0.472 e. The van der Waals surface area contributed by atoms with Crippen LogP contribution in [0.4, 0.5) is 0 Å². The van der Waals surface area contributed by atoms with Crippen LogP contribution in [0.25, 0.3) is 0 Å². The molecule has 0 aliphatic heterocycles. The fraction of sp³-hybridized carbons (Fsp3) is 0.951. The molecule has 0 saturated heterocycles. The monoisotopic (exact) mass is 749 g/mol. The Morgan fingerprint density at radius 2 is 1.04 bits per heavy atom. The van der Waals surface area contributed by atoms with Crippen molar-refractivity contribution in [2.45, 2.75) is 200 Å². The Morgan fingerprint density at radius 1 is 0.588 bits per heavy atom. The SMILES string of the molecule is CCCCCCCCCCCCCCCC(=O)O[C@H](COC(=O)CC[C@@H](C)CCCCCCCCCCCC)COP(=O)(O)OCC[N+](C)(C)C. The zero-order valence-corrected chi connectivity index (χ0v) is 35.2. The molecule has 51 heavy (non-hydrogen) atoms. The van der Waals surface area contributed by atoms with Crippen LogP contribution in [0.3, 0.4) is 0 Å². The summed E-state index contributed by atoms with van der Waals surface area (Å²) < 4.78 is 34.4. The molecule has 1 N–H and O–H groups in total. The first-order valence-electron chi connectivity index (χ1n) is 21.2. The number of unbranched alkanes of at least 4 members (excludes halogenated alkanes) is 21. The molecule has 9 nitrogen and oxygen atoms in total. The van der Waals surface area contributed by atoms with Gasteiger partial charge in [-0.2, -0.15) is 0 Å². The highest BCUT2D eigenvalue weighted by Gasteiger charge is 2.27. The number of hydrogen-bond donors (Lipinski definition) is 1. The van der Waals surface area contributed by atoms with Gasteiger partial charge in [0.15, 0.2) is 6.10 Å². The molecule has 0 amide bonds. The highest BCUT2D eigenvalue weighted by atomic mass is 31.2. The van der Waals surface area contributed by atoms with Gasteiger partial charge in [-0.05, 0) is 18.8 Å². The number of nitrogens with zero attached hydrogens (tertiary/aromatic N) is 1. The maximum atomic E-state index is 12.7. The van der Waals surface area contributed by atoms with Crippen LogP contribution in [-0.4, -0.2) is 74.9 Å². The summed E-state index contributed by atoms with van der Waals surface area (Å²) >= 11 is 0. The first-order valence-corrected chi connectivity index (χ1v) is 22.7. The zero-order valence-electron chi connectivity index (χ0n) is 34.3. The summed E-state index contributed by atoms with van der Waals surface area (Å²) in [6.45, 7) is 6.60. The van der Waals surface area contributed by atoms with E-state index in [2.05, 4.69) is 20.8 Å². The molecule has 1 unspecified atom stereocenters. The molecule has 304 valence electrons. The molecule has 0 aliphatic carbocycles. The minimum atomic E-state index is -4.37. The highest BCUT2D eigenvalue weighted by Crippen LogP contribution is 2.43. The Labute approximate surface area is 314 Å². The van der Waals surface area contributed by atoms with Crippen LogP contribution in [0.1, 0.15) is 194 Å². The van der Waals surface area contributed by atoms with Gasteiger partial charge in [0.05, 0.1) is 27.7 Å². The van der Waals surface area contributed by atoms with E-state index in [0.717, 1.165) is 25.7 Å². The van der Waals surface area contributed by atoms with E-state index in [0.29, 0.717) is 23.4 Å². The first kappa shape index (κ1) is 50.0. The summed E-state index contributed by atoms with van der Waals surface area (Å²) in [5, 5.41) is 0. The van der Waals surface area contributed by atoms with Gasteiger partial charge in [-0.3, -0.25) is 18.6 Å². The molecular weight excluding hydrogens is 665 g/mol. The van der Waals surface area contributed by atoms with E-state index < -0.39 is 26.5 Å². The van der Waals surface area contributed by atoms with Gasteiger partial charge < -0.3 is 18.9 Å². The number of rotatable bonds is 38. The highest BCUT2D eigenvalue weighted by molar-refractivity contribution is 7.47. The Bertz CT molecular complexity index is 865. The third-order valence-electron chi connectivity index (χ3n) is 9.54. The number of esters is 2. The minimum Gasteiger partial charge on any atom is -0.462 e. The van der Waals surface area contributed by atoms with Crippen molar-refractivity contribution in [1.29, 1.82) is 0 Å². The van der Waals surface area contributed by atoms with Crippen molar-refractivity contribution in [3.63, 3.8) is 0 Å². The summed E-state index contributed by atoms with van der Waals surface area (Å²) in [5.41, 5.74) is 0. The average Bonchev–Trinajstić information content (AvgIpc) is 3.07. The van der Waals surface area contributed by atoms with Crippen molar-refractivity contribution in [2.24, 2.45) is 5.92 Å². The van der Waals surface area contributed by atoms with Crippen molar-refractivity contribution < 1.29 is 42.1 Å². The molecular formula is C41H83NO8P+. The lowest BCUT2D eigenvalue weighted by Gasteiger charge is -2.24. The number of phosphoric acid groups is 1. The molecule has 0 fully saturated rings. The van der Waals surface area contributed by atoms with Gasteiger partial charge in [-0.1, -0.05) is 168 Å². The number of carbonyl (C=O) groups excluding carboxylic acids is 2. The quantitative estimate of drug-likeness (QED) is 0.0288. The Hall–Kier alpha value is -0.990. The Morgan fingerprint density at radius 3 is 1.51 bits per heavy atom. The molecule has 0 heterocycles. The van der Waals surface area contributed by atoms with Crippen LogP contribution in [-0.2, 0) is 32.7 Å². The maximum absolute atomic E-state index is 12.7. The second kappa shape index (κ2) is 33.6. The fourth-order valence-corrected chi connectivity index (χ4v) is 6.78. The largest absolute Gasteiger partial charge is 0.472 e. The van der Waals surface area contributed by atoms with E-state index in [-0.39, 0.29) is 32.0 Å². The van der Waals surface area contributed by atoms with Crippen LogP contribution in [0.15, 0.2) is 0 Å². The lowest BCUT2D eigenvalue weighted by molar-refractivity contribution is -0.870. The number of ether oxygens (including phenoxy) is 2. The van der Waals surface area contributed by atoms with Gasteiger partial charge in [0, 0.05) is 12.8 Å². The van der Waals surface area contributed by atoms with Gasteiger partial charge in [-0.15, -0.1) is 0 Å². The van der Waals surface area contributed by atoms with Crippen LogP contribution in [0.2, 0.25) is 0 Å². The molecule has 3 atom stereocenters. The summed E-state index contributed by atoms with van der Waals surface area (Å²) in [6, 6.07) is 0. The first-order chi connectivity index (χ1) is 24.4. The standard InChI is InChI=1S/C41H82NO8P/c1-7-9-11-13-15-17-19-20-21-23-25-27-29-31-41(44)50-39(37-49-51(45,46)48-35-34-42(4,5)6)36-47-40(43)33-32-38(3)30-28-26-24-22-18-16-14-12-10-8-2/h38-39H,7-37H2,1-6H3/p+1/t38-,39+/m0/s1. The predicted molar refractivity (Wildman–Crippen MR) is 211 cm³/mol. The predicted octanol–water partition coefficient (Wildman–Crippen LogP) is 11.5. The third-order valence-corrected chi connectivity index (χ3v) is 10.5. The molecule has 10 heteroatoms. The van der Waals surface area contributed by atoms with Gasteiger partial charge in [-0.25, -0.2) is 4.57 Å². The van der Waals surface area contributed by atoms with Gasteiger partial charge in [0.1, 0.15) is 19.8 Å². The minimum absolute atomic E-state index is 0.0348. The lowest BCUT2D eigenvalue weighted by Crippen LogP contribution is -2.37. The smallest absolute Gasteiger partial charge is 0.462 e. The topological polar surface area (TPSA) is 108 Å². The second-order valence-electron chi connectivity index (χ2n) is 16.0. The van der Waals surface area contributed by atoms with E-state index in [9.17, 15) is 19.0 Å². The summed E-state index contributed by atoms with van der Waals surface area (Å²) in [7, 11) is 1.48. The zero-order chi connectivity index (χ0) is 38.1. The number of quaternary nitrogens is 1. The average molecular weight is 749 g/mol. The number of likely N-dealkylation sites (N-methyl/N-ethyl adjacent to an activating group) is 1. The molecule has 0 rings (SSSR count). The number of hydrogen-bond acceptors (Lipinski definition) is 7. The Balaban J connectivity index is 4.47. The van der Waals surface area contributed by atoms with E-state index >= 15 is 0 Å². The van der Waals surface area contributed by atoms with E-state index in [4.69, 9.17) is 18.5 Å². The van der Waals surface area contributed by atoms with Crippen LogP contribution < -0.4 is 0 Å². The molecule has 0 bridgehead atoms. The van der Waals surface area contributed by atoms with Crippen molar-refractivity contribution in [1.82, 2.24) is 0 Å². The molecule has 0 spiro atoms. The molecule has 0 aromatic heterocycles. The molecule has 0 aliphatic rings. The molecule has 0 aromatic rings. The summed E-state index contributed by atoms with van der Waals surface area (Å²) in [4.78, 5) is 35.4. The fourth-order valence-electron chi connectivity index (χ4n) is 6.04. The normalized spacial score (nSPS) is 14.3. The van der Waals surface area contributed by atoms with Crippen molar-refractivity contribution in [2.75, 3.05) is 47.5 Å². The van der Waals surface area contributed by atoms with Gasteiger partial charge in [0.2, 0.25) is 0 Å². The number of carbonyl (C=O) groups is 2. The molecule has 0 radical (unpaired) electrons. The van der Waals surface area contributed by atoms with Gasteiger partial charge >= 0.3 is 19.8 Å².